The zero-order chi connectivity index (χ0) is 16.2. The van der Waals surface area contributed by atoms with Crippen LogP contribution < -0.4 is 10.6 Å². The molecule has 0 heterocycles. The van der Waals surface area contributed by atoms with Crippen LogP contribution in [-0.4, -0.2) is 5.66 Å². The van der Waals surface area contributed by atoms with Crippen LogP contribution in [0.1, 0.15) is 33.6 Å². The molecule has 25 heavy (non-hydrogen) atoms. The summed E-state index contributed by atoms with van der Waals surface area (Å²) in [5.74, 6) is 2.31. The average Bonchev–Trinajstić information content (AvgIpc) is 2.58. The summed E-state index contributed by atoms with van der Waals surface area (Å²) in [6.45, 7) is 7.29. The van der Waals surface area contributed by atoms with E-state index in [0.29, 0.717) is 0 Å². The van der Waals surface area contributed by atoms with E-state index in [1.165, 1.54) is 23.5 Å². The molecule has 0 bridgehead atoms. The molecule has 0 spiro atoms. The van der Waals surface area contributed by atoms with Crippen molar-refractivity contribution in [3.63, 3.8) is 0 Å². The van der Waals surface area contributed by atoms with Crippen LogP contribution in [0.25, 0.3) is 0 Å². The molecule has 0 nitrogen and oxygen atoms in total. The molecule has 1 aliphatic carbocycles. The van der Waals surface area contributed by atoms with Crippen molar-refractivity contribution < 1.29 is 17.1 Å². The Balaban J connectivity index is 0.00000156. The van der Waals surface area contributed by atoms with Gasteiger partial charge in [-0.15, -0.1) is 0 Å². The van der Waals surface area contributed by atoms with E-state index >= 15 is 0 Å². The third kappa shape index (κ3) is 5.19. The molecule has 1 saturated carbocycles. The Hall–Kier alpha value is -0.611. The summed E-state index contributed by atoms with van der Waals surface area (Å²) in [6, 6.07) is 22.5. The molecule has 3 rings (SSSR count). The largest absolute Gasteiger partial charge is 2.00 e. The smallest absolute Gasteiger partial charge is 0.358 e. The quantitative estimate of drug-likeness (QED) is 0.347. The van der Waals surface area contributed by atoms with Gasteiger partial charge in [-0.25, -0.2) is 0 Å². The van der Waals surface area contributed by atoms with Gasteiger partial charge in [-0.1, -0.05) is 93.3 Å². The van der Waals surface area contributed by atoms with Crippen LogP contribution in [0.3, 0.4) is 0 Å². The molecule has 0 N–H and O–H groups in total. The maximum Gasteiger partial charge on any atom is 2.00 e. The molecule has 0 saturated heterocycles. The summed E-state index contributed by atoms with van der Waals surface area (Å²) in [5.41, 5.74) is 0.778. The van der Waals surface area contributed by atoms with Gasteiger partial charge in [0.25, 0.3) is 0 Å². The predicted molar refractivity (Wildman–Crippen MR) is 110 cm³/mol. The molecule has 0 radical (unpaired) electrons. The molecule has 2 heteroatoms. The molecule has 0 amide bonds. The van der Waals surface area contributed by atoms with Crippen molar-refractivity contribution in [3.8, 4) is 0 Å². The Labute approximate surface area is 167 Å². The van der Waals surface area contributed by atoms with Gasteiger partial charge < -0.3 is 13.8 Å². The van der Waals surface area contributed by atoms with Crippen LogP contribution >= 0.6 is 7.92 Å². The predicted octanol–water partition coefficient (Wildman–Crippen LogP) is 5.84. The molecule has 1 aliphatic rings. The summed E-state index contributed by atoms with van der Waals surface area (Å²) in [6.07, 6.45) is 5.09. The first-order chi connectivity index (χ1) is 11.2. The van der Waals surface area contributed by atoms with Crippen LogP contribution in [0.4, 0.5) is 0 Å². The van der Waals surface area contributed by atoms with Crippen LogP contribution in [0.2, 0.25) is 0 Å². The number of benzene rings is 2. The Morgan fingerprint density at radius 2 is 1.36 bits per heavy atom. The summed E-state index contributed by atoms with van der Waals surface area (Å²) < 4.78 is 0. The zero-order valence-corrected chi connectivity index (χ0v) is 17.9. The van der Waals surface area contributed by atoms with Crippen LogP contribution in [-0.2, 0) is 17.1 Å². The number of rotatable bonds is 4. The average molecular weight is 394 g/mol. The van der Waals surface area contributed by atoms with Gasteiger partial charge in [-0.05, 0) is 30.1 Å². The van der Waals surface area contributed by atoms with Gasteiger partial charge in [0.15, 0.2) is 0 Å². The van der Waals surface area contributed by atoms with E-state index in [1.54, 1.807) is 0 Å². The maximum atomic E-state index is 2.54. The summed E-state index contributed by atoms with van der Waals surface area (Å²) >= 11 is 0. The molecular formula is C23H31FeP. The Kier molecular flexibility index (Phi) is 9.44. The second kappa shape index (κ2) is 10.5. The monoisotopic (exact) mass is 394 g/mol. The first-order valence-electron chi connectivity index (χ1n) is 8.89. The second-order valence-electron chi connectivity index (χ2n) is 7.18. The molecule has 0 aromatic heterocycles. The SMILES string of the molecule is CC(C)C1C[CH-]CC(C)C1P(c1ccccc1)c1ccccc1.[CH3-].[Fe+2]. The molecule has 1 fully saturated rings. The van der Waals surface area contributed by atoms with Gasteiger partial charge in [0, 0.05) is 0 Å². The Morgan fingerprint density at radius 1 is 0.880 bits per heavy atom. The van der Waals surface area contributed by atoms with E-state index in [2.05, 4.69) is 87.9 Å². The third-order valence-corrected chi connectivity index (χ3v) is 8.42. The molecular weight excluding hydrogens is 363 g/mol. The first-order valence-corrected chi connectivity index (χ1v) is 10.3. The molecule has 136 valence electrons. The Bertz CT molecular complexity index is 557. The zero-order valence-electron chi connectivity index (χ0n) is 15.9. The minimum atomic E-state index is -0.300. The van der Waals surface area contributed by atoms with E-state index in [9.17, 15) is 0 Å². The first kappa shape index (κ1) is 22.4. The second-order valence-corrected chi connectivity index (χ2v) is 9.55. The Morgan fingerprint density at radius 3 is 1.80 bits per heavy atom. The fourth-order valence-electron chi connectivity index (χ4n) is 4.04. The van der Waals surface area contributed by atoms with Crippen LogP contribution in [0.15, 0.2) is 60.7 Å². The van der Waals surface area contributed by atoms with Crippen LogP contribution in [0.5, 0.6) is 0 Å². The molecule has 2 aromatic rings. The van der Waals surface area contributed by atoms with E-state index in [-0.39, 0.29) is 32.4 Å². The molecule has 0 aliphatic heterocycles. The van der Waals surface area contributed by atoms with Crippen molar-refractivity contribution in [2.24, 2.45) is 17.8 Å². The van der Waals surface area contributed by atoms with Crippen LogP contribution in [0, 0.1) is 31.6 Å². The van der Waals surface area contributed by atoms with Crippen molar-refractivity contribution in [1.82, 2.24) is 0 Å². The third-order valence-electron chi connectivity index (χ3n) is 5.22. The van der Waals surface area contributed by atoms with Crippen molar-refractivity contribution in [3.05, 3.63) is 74.5 Å². The fraction of sp³-hybridized carbons (Fsp3) is 0.391. The van der Waals surface area contributed by atoms with E-state index < -0.39 is 0 Å². The van der Waals surface area contributed by atoms with Gasteiger partial charge in [0.2, 0.25) is 0 Å². The summed E-state index contributed by atoms with van der Waals surface area (Å²) in [5, 5.41) is 3.08. The van der Waals surface area contributed by atoms with Crippen molar-refractivity contribution >= 4 is 18.5 Å². The summed E-state index contributed by atoms with van der Waals surface area (Å²) in [4.78, 5) is 0. The van der Waals surface area contributed by atoms with Crippen molar-refractivity contribution in [1.29, 1.82) is 0 Å². The van der Waals surface area contributed by atoms with Gasteiger partial charge in [-0.3, -0.25) is 0 Å². The molecule has 3 atom stereocenters. The molecule has 3 unspecified atom stereocenters. The number of hydrogen-bond acceptors (Lipinski definition) is 0. The van der Waals surface area contributed by atoms with Gasteiger partial charge in [0.05, 0.1) is 0 Å². The van der Waals surface area contributed by atoms with Gasteiger partial charge in [-0.2, -0.15) is 12.8 Å². The normalized spacial score (nSPS) is 23.0. The van der Waals surface area contributed by atoms with E-state index in [1.807, 2.05) is 0 Å². The van der Waals surface area contributed by atoms with E-state index in [4.69, 9.17) is 0 Å². The topological polar surface area (TPSA) is 0 Å². The fourth-order valence-corrected chi connectivity index (χ4v) is 7.49. The minimum absolute atomic E-state index is 0. The van der Waals surface area contributed by atoms with Gasteiger partial charge >= 0.3 is 17.1 Å². The molecule has 2 aromatic carbocycles. The number of hydrogen-bond donors (Lipinski definition) is 0. The minimum Gasteiger partial charge on any atom is -0.358 e. The maximum absolute atomic E-state index is 2.54. The summed E-state index contributed by atoms with van der Waals surface area (Å²) in [7, 11) is -0.300. The van der Waals surface area contributed by atoms with Crippen molar-refractivity contribution in [2.45, 2.75) is 39.3 Å². The van der Waals surface area contributed by atoms with Crippen molar-refractivity contribution in [2.75, 3.05) is 0 Å². The van der Waals surface area contributed by atoms with E-state index in [0.717, 1.165) is 23.4 Å². The standard InChI is InChI=1S/C22H28P.CH3.Fe/c1-17(2)21-16-10-11-18(3)22(21)23(19-12-6-4-7-13-19)20-14-8-5-9-15-20;;/h4-10,12-15,17-18,21-22H,11,16H2,1-3H3;1H3;/q2*-1;+2. The van der Waals surface area contributed by atoms with Gasteiger partial charge in [0.1, 0.15) is 0 Å².